The van der Waals surface area contributed by atoms with Crippen molar-refractivity contribution < 1.29 is 18.3 Å². The summed E-state index contributed by atoms with van der Waals surface area (Å²) in [4.78, 5) is 23.8. The molecule has 3 heterocycles. The van der Waals surface area contributed by atoms with Crippen LogP contribution in [-0.2, 0) is 0 Å². The molecule has 0 atom stereocenters. The van der Waals surface area contributed by atoms with Crippen LogP contribution in [0.25, 0.3) is 55.6 Å². The highest BCUT2D eigenvalue weighted by Crippen LogP contribution is 2.42. The Morgan fingerprint density at radius 2 is 1.60 bits per heavy atom. The predicted molar refractivity (Wildman–Crippen MR) is 189 cm³/mol. The molecule has 0 amide bonds. The number of carbonyl (C=O) groups is 1. The minimum atomic E-state index is -0.347. The summed E-state index contributed by atoms with van der Waals surface area (Å²) in [5.74, 6) is 0.827. The summed E-state index contributed by atoms with van der Waals surface area (Å²) in [6, 6.07) is 30.1. The van der Waals surface area contributed by atoms with E-state index in [0.29, 0.717) is 27.9 Å². The van der Waals surface area contributed by atoms with Gasteiger partial charge >= 0.3 is 0 Å². The number of nitrogens with one attached hydrogen (secondary N) is 1. The Morgan fingerprint density at radius 3 is 2.23 bits per heavy atom. The first-order valence-corrected chi connectivity index (χ1v) is 15.1. The molecule has 0 spiro atoms. The van der Waals surface area contributed by atoms with E-state index in [1.54, 1.807) is 25.4 Å². The van der Waals surface area contributed by atoms with Crippen molar-refractivity contribution in [3.8, 4) is 39.5 Å². The molecule has 0 bridgehead atoms. The number of carbonyl (C=O) groups excluding carboxylic acids is 1. The number of methoxy groups -OCH3 is 1. The molecule has 8 heteroatoms. The van der Waals surface area contributed by atoms with Gasteiger partial charge in [-0.15, -0.1) is 0 Å². The van der Waals surface area contributed by atoms with Gasteiger partial charge in [0.15, 0.2) is 6.29 Å². The number of furan rings is 1. The second-order valence-electron chi connectivity index (χ2n) is 11.5. The number of aldehydes is 1. The fraction of sp³-hybridized carbons (Fsp3) is 0.128. The highest BCUT2D eigenvalue weighted by atomic mass is 19.1. The molecule has 3 aromatic heterocycles. The number of aromatic amines is 1. The van der Waals surface area contributed by atoms with Crippen LogP contribution in [0.15, 0.2) is 114 Å². The number of fused-ring (bicyclic) bond motifs is 2. The predicted octanol–water partition coefficient (Wildman–Crippen LogP) is 9.09. The topological polar surface area (TPSA) is 74.6 Å². The number of halogens is 1. The van der Waals surface area contributed by atoms with Gasteiger partial charge in [0, 0.05) is 79.1 Å². The van der Waals surface area contributed by atoms with Gasteiger partial charge in [-0.05, 0) is 72.3 Å². The number of para-hydroxylation sites is 1. The van der Waals surface area contributed by atoms with Crippen LogP contribution in [-0.4, -0.2) is 51.6 Å². The molecule has 7 aromatic rings. The number of aromatic nitrogens is 2. The van der Waals surface area contributed by atoms with E-state index >= 15 is 0 Å². The normalized spacial score (nSPS) is 10.9. The number of benzene rings is 4. The second-order valence-corrected chi connectivity index (χ2v) is 11.5. The van der Waals surface area contributed by atoms with Crippen LogP contribution in [0.3, 0.4) is 0 Å². The first kappa shape index (κ1) is 31.1. The zero-order chi connectivity index (χ0) is 33.1. The highest BCUT2D eigenvalue weighted by molar-refractivity contribution is 6.06. The molecule has 0 aliphatic carbocycles. The third-order valence-electron chi connectivity index (χ3n) is 8.04. The SMILES string of the molecule is CN(C)c1cccnc1.COc1ccc(-c2cc3c(C=O)c(-c4ccc(F)cc4)oc3cc2N(C)C)cc1-c1cc2ccccc2[nH]1. The minimum Gasteiger partial charge on any atom is -0.496 e. The molecule has 0 aliphatic rings. The van der Waals surface area contributed by atoms with Crippen LogP contribution in [0.1, 0.15) is 10.4 Å². The standard InChI is InChI=1S/C32H25FN2O3.C7H10N2/c1-35(2)29-17-31-24(26(18-36)32(38-31)19-8-11-22(33)12-9-19)16-23(29)20-10-13-30(37-3)25(14-20)28-15-21-6-4-5-7-27(21)34-28;1-9(2)7-4-3-5-8-6-7/h4-18,34H,1-3H3;3-6H,1-2H3. The van der Waals surface area contributed by atoms with E-state index < -0.39 is 0 Å². The number of ether oxygens (including phenoxy) is 1. The maximum absolute atomic E-state index is 13.5. The fourth-order valence-corrected chi connectivity index (χ4v) is 5.61. The third kappa shape index (κ3) is 6.31. The summed E-state index contributed by atoms with van der Waals surface area (Å²) in [7, 11) is 9.60. The van der Waals surface area contributed by atoms with Gasteiger partial charge in [-0.2, -0.15) is 0 Å². The van der Waals surface area contributed by atoms with Gasteiger partial charge in [0.1, 0.15) is 22.9 Å². The number of H-pyrrole nitrogens is 1. The smallest absolute Gasteiger partial charge is 0.154 e. The summed E-state index contributed by atoms with van der Waals surface area (Å²) in [5.41, 5.74) is 8.57. The molecule has 0 fully saturated rings. The van der Waals surface area contributed by atoms with Gasteiger partial charge in [0.25, 0.3) is 0 Å². The molecule has 7 rings (SSSR count). The molecule has 0 radical (unpaired) electrons. The Kier molecular flexibility index (Phi) is 8.75. The van der Waals surface area contributed by atoms with Crippen molar-refractivity contribution in [1.29, 1.82) is 0 Å². The molecule has 0 unspecified atom stereocenters. The minimum absolute atomic E-state index is 0.347. The Hall–Kier alpha value is -5.89. The summed E-state index contributed by atoms with van der Waals surface area (Å²) in [5, 5.41) is 1.82. The van der Waals surface area contributed by atoms with Crippen LogP contribution in [0.5, 0.6) is 5.75 Å². The maximum atomic E-state index is 13.5. The quantitative estimate of drug-likeness (QED) is 0.178. The van der Waals surface area contributed by atoms with Gasteiger partial charge in [-0.3, -0.25) is 9.78 Å². The van der Waals surface area contributed by atoms with Crippen molar-refractivity contribution in [2.75, 3.05) is 45.1 Å². The summed E-state index contributed by atoms with van der Waals surface area (Å²) < 4.78 is 25.4. The van der Waals surface area contributed by atoms with Gasteiger partial charge in [-0.25, -0.2) is 4.39 Å². The van der Waals surface area contributed by atoms with E-state index in [-0.39, 0.29) is 5.82 Å². The molecule has 0 aliphatic heterocycles. The second kappa shape index (κ2) is 13.2. The van der Waals surface area contributed by atoms with Gasteiger partial charge in [-0.1, -0.05) is 24.3 Å². The molecule has 0 saturated heterocycles. The molecule has 4 aromatic carbocycles. The Balaban J connectivity index is 0.000000373. The highest BCUT2D eigenvalue weighted by Gasteiger charge is 2.20. The maximum Gasteiger partial charge on any atom is 0.154 e. The molecule has 236 valence electrons. The fourth-order valence-electron chi connectivity index (χ4n) is 5.61. The number of nitrogens with zero attached hydrogens (tertiary/aromatic N) is 3. The molecular formula is C39H35FN4O3. The van der Waals surface area contributed by atoms with E-state index in [4.69, 9.17) is 9.15 Å². The van der Waals surface area contributed by atoms with E-state index in [0.717, 1.165) is 56.7 Å². The van der Waals surface area contributed by atoms with Crippen molar-refractivity contribution in [3.63, 3.8) is 0 Å². The first-order valence-electron chi connectivity index (χ1n) is 15.1. The molecular weight excluding hydrogens is 591 g/mol. The average molecular weight is 627 g/mol. The van der Waals surface area contributed by atoms with Crippen molar-refractivity contribution in [1.82, 2.24) is 9.97 Å². The van der Waals surface area contributed by atoms with Crippen LogP contribution < -0.4 is 14.5 Å². The van der Waals surface area contributed by atoms with E-state index in [2.05, 4.69) is 28.2 Å². The third-order valence-corrected chi connectivity index (χ3v) is 8.04. The van der Waals surface area contributed by atoms with Crippen LogP contribution in [0, 0.1) is 5.82 Å². The first-order chi connectivity index (χ1) is 22.8. The van der Waals surface area contributed by atoms with E-state index in [1.807, 2.05) is 98.8 Å². The molecule has 47 heavy (non-hydrogen) atoms. The lowest BCUT2D eigenvalue weighted by atomic mass is 9.96. The summed E-state index contributed by atoms with van der Waals surface area (Å²) in [6.45, 7) is 0. The zero-order valence-electron chi connectivity index (χ0n) is 26.9. The largest absolute Gasteiger partial charge is 0.496 e. The van der Waals surface area contributed by atoms with Crippen molar-refractivity contribution in [3.05, 3.63) is 121 Å². The lowest BCUT2D eigenvalue weighted by Crippen LogP contribution is -2.10. The number of hydrogen-bond donors (Lipinski definition) is 1. The van der Waals surface area contributed by atoms with Gasteiger partial charge in [0.2, 0.25) is 0 Å². The zero-order valence-corrected chi connectivity index (χ0v) is 26.9. The number of rotatable bonds is 7. The average Bonchev–Trinajstić information content (AvgIpc) is 3.69. The number of hydrogen-bond acceptors (Lipinski definition) is 6. The van der Waals surface area contributed by atoms with Gasteiger partial charge < -0.3 is 23.9 Å². The molecule has 1 N–H and O–H groups in total. The van der Waals surface area contributed by atoms with Gasteiger partial charge in [0.05, 0.1) is 30.3 Å². The van der Waals surface area contributed by atoms with Crippen LogP contribution in [0.4, 0.5) is 15.8 Å². The van der Waals surface area contributed by atoms with Crippen molar-refractivity contribution in [2.24, 2.45) is 0 Å². The number of pyridine rings is 1. The van der Waals surface area contributed by atoms with Crippen molar-refractivity contribution >= 4 is 39.5 Å². The van der Waals surface area contributed by atoms with Crippen molar-refractivity contribution in [2.45, 2.75) is 0 Å². The van der Waals surface area contributed by atoms with Crippen LogP contribution in [0.2, 0.25) is 0 Å². The Bertz CT molecular complexity index is 2130. The lowest BCUT2D eigenvalue weighted by molar-refractivity contribution is 0.112. The Labute approximate surface area is 272 Å². The van der Waals surface area contributed by atoms with E-state index in [1.165, 1.54) is 12.1 Å². The lowest BCUT2D eigenvalue weighted by Gasteiger charge is -2.19. The van der Waals surface area contributed by atoms with Crippen LogP contribution >= 0.6 is 0 Å². The molecule has 7 nitrogen and oxygen atoms in total. The van der Waals surface area contributed by atoms with E-state index in [9.17, 15) is 9.18 Å². The summed E-state index contributed by atoms with van der Waals surface area (Å²) in [6.07, 6.45) is 4.40. The number of anilines is 2. The Morgan fingerprint density at radius 1 is 0.830 bits per heavy atom. The summed E-state index contributed by atoms with van der Waals surface area (Å²) >= 11 is 0. The molecule has 0 saturated carbocycles. The monoisotopic (exact) mass is 626 g/mol.